The van der Waals surface area contributed by atoms with Crippen LogP contribution in [0, 0.1) is 11.7 Å². The molecule has 0 unspecified atom stereocenters. The van der Waals surface area contributed by atoms with Crippen LogP contribution in [0.5, 0.6) is 0 Å². The van der Waals surface area contributed by atoms with Crippen LogP contribution in [0.3, 0.4) is 0 Å². The van der Waals surface area contributed by atoms with E-state index in [1.54, 1.807) is 31.2 Å². The van der Waals surface area contributed by atoms with Gasteiger partial charge < -0.3 is 10.2 Å². The van der Waals surface area contributed by atoms with E-state index in [1.807, 2.05) is 13.8 Å². The summed E-state index contributed by atoms with van der Waals surface area (Å²) in [5.41, 5.74) is 0.619. The first kappa shape index (κ1) is 26.6. The number of hydrogen-bond donors (Lipinski definition) is 1. The Morgan fingerprint density at radius 1 is 1.09 bits per heavy atom. The standard InChI is InChI=1S/C23H29ClFN3O4S/c1-16(2)13-26-23(30)17(3)27(14-18-8-5-6-11-21(18)24)22(29)15-28(33(4,31)32)20-10-7-9-19(25)12-20/h5-12,16-17H,13-15H2,1-4H3,(H,26,30)/t17-/m0/s1. The molecule has 2 aromatic rings. The van der Waals surface area contributed by atoms with Gasteiger partial charge in [-0.3, -0.25) is 13.9 Å². The summed E-state index contributed by atoms with van der Waals surface area (Å²) in [7, 11) is -3.92. The van der Waals surface area contributed by atoms with Crippen molar-refractivity contribution in [1.29, 1.82) is 0 Å². The number of carbonyl (C=O) groups excluding carboxylic acids is 2. The molecule has 2 rings (SSSR count). The molecule has 1 N–H and O–H groups in total. The van der Waals surface area contributed by atoms with E-state index in [4.69, 9.17) is 11.6 Å². The smallest absolute Gasteiger partial charge is 0.244 e. The lowest BCUT2D eigenvalue weighted by atomic mass is 10.1. The molecule has 0 saturated heterocycles. The van der Waals surface area contributed by atoms with Crippen LogP contribution in [-0.4, -0.2) is 50.5 Å². The highest BCUT2D eigenvalue weighted by Crippen LogP contribution is 2.22. The minimum atomic E-state index is -3.92. The van der Waals surface area contributed by atoms with Crippen LogP contribution >= 0.6 is 11.6 Å². The zero-order chi connectivity index (χ0) is 24.8. The number of nitrogens with zero attached hydrogens (tertiary/aromatic N) is 2. The molecule has 2 aromatic carbocycles. The minimum Gasteiger partial charge on any atom is -0.354 e. The average molecular weight is 498 g/mol. The quantitative estimate of drug-likeness (QED) is 0.544. The Bertz CT molecular complexity index is 1090. The van der Waals surface area contributed by atoms with Crippen molar-refractivity contribution in [1.82, 2.24) is 10.2 Å². The van der Waals surface area contributed by atoms with Gasteiger partial charge in [-0.25, -0.2) is 12.8 Å². The second-order valence-corrected chi connectivity index (χ2v) is 10.5. The molecule has 0 fully saturated rings. The summed E-state index contributed by atoms with van der Waals surface area (Å²) in [5.74, 6) is -1.43. The third-order valence-electron chi connectivity index (χ3n) is 4.93. The van der Waals surface area contributed by atoms with E-state index < -0.39 is 34.3 Å². The monoisotopic (exact) mass is 497 g/mol. The van der Waals surface area contributed by atoms with E-state index in [1.165, 1.54) is 23.1 Å². The van der Waals surface area contributed by atoms with Gasteiger partial charge in [0, 0.05) is 18.1 Å². The Labute approximate surface area is 199 Å². The molecule has 0 spiro atoms. The number of sulfonamides is 1. The first-order valence-electron chi connectivity index (χ1n) is 10.4. The van der Waals surface area contributed by atoms with E-state index in [9.17, 15) is 22.4 Å². The van der Waals surface area contributed by atoms with Gasteiger partial charge in [0.2, 0.25) is 21.8 Å². The van der Waals surface area contributed by atoms with Gasteiger partial charge >= 0.3 is 0 Å². The number of nitrogens with one attached hydrogen (secondary N) is 1. The molecule has 1 atom stereocenters. The Morgan fingerprint density at radius 3 is 2.33 bits per heavy atom. The number of carbonyl (C=O) groups is 2. The number of hydrogen-bond acceptors (Lipinski definition) is 4. The number of benzene rings is 2. The van der Waals surface area contributed by atoms with Crippen molar-refractivity contribution in [2.45, 2.75) is 33.4 Å². The number of amides is 2. The second kappa shape index (κ2) is 11.5. The predicted octanol–water partition coefficient (Wildman–Crippen LogP) is 3.43. The predicted molar refractivity (Wildman–Crippen MR) is 128 cm³/mol. The van der Waals surface area contributed by atoms with Crippen LogP contribution in [0.4, 0.5) is 10.1 Å². The van der Waals surface area contributed by atoms with Gasteiger partial charge in [-0.05, 0) is 42.7 Å². The highest BCUT2D eigenvalue weighted by molar-refractivity contribution is 7.92. The molecule has 10 heteroatoms. The maximum atomic E-state index is 13.7. The topological polar surface area (TPSA) is 86.8 Å². The fourth-order valence-electron chi connectivity index (χ4n) is 3.09. The van der Waals surface area contributed by atoms with Gasteiger partial charge in [-0.1, -0.05) is 49.7 Å². The molecule has 7 nitrogen and oxygen atoms in total. The summed E-state index contributed by atoms with van der Waals surface area (Å²) in [6.07, 6.45) is 0.933. The van der Waals surface area contributed by atoms with Crippen molar-refractivity contribution in [3.63, 3.8) is 0 Å². The number of anilines is 1. The summed E-state index contributed by atoms with van der Waals surface area (Å²) in [4.78, 5) is 27.4. The molecular formula is C23H29ClFN3O4S. The Morgan fingerprint density at radius 2 is 1.76 bits per heavy atom. The zero-order valence-electron chi connectivity index (χ0n) is 19.1. The highest BCUT2D eigenvalue weighted by Gasteiger charge is 2.30. The summed E-state index contributed by atoms with van der Waals surface area (Å²) in [5, 5.41) is 3.21. The van der Waals surface area contributed by atoms with Crippen LogP contribution in [0.25, 0.3) is 0 Å². The molecule has 33 heavy (non-hydrogen) atoms. The van der Waals surface area contributed by atoms with Crippen LogP contribution < -0.4 is 9.62 Å². The van der Waals surface area contributed by atoms with Crippen LogP contribution in [0.2, 0.25) is 5.02 Å². The maximum absolute atomic E-state index is 13.7. The van der Waals surface area contributed by atoms with Crippen LogP contribution in [-0.2, 0) is 26.2 Å². The molecule has 0 bridgehead atoms. The number of halogens is 2. The summed E-state index contributed by atoms with van der Waals surface area (Å²) < 4.78 is 39.4. The molecule has 0 aliphatic carbocycles. The van der Waals surface area contributed by atoms with Gasteiger partial charge in [0.25, 0.3) is 0 Å². The van der Waals surface area contributed by atoms with E-state index in [-0.39, 0.29) is 24.1 Å². The lowest BCUT2D eigenvalue weighted by Crippen LogP contribution is -2.51. The Balaban J connectivity index is 2.38. The van der Waals surface area contributed by atoms with Crippen molar-refractivity contribution in [2.24, 2.45) is 5.92 Å². The largest absolute Gasteiger partial charge is 0.354 e. The molecular weight excluding hydrogens is 469 g/mol. The Kier molecular flexibility index (Phi) is 9.25. The molecule has 0 radical (unpaired) electrons. The highest BCUT2D eigenvalue weighted by atomic mass is 35.5. The van der Waals surface area contributed by atoms with Crippen molar-refractivity contribution >= 4 is 39.1 Å². The third-order valence-corrected chi connectivity index (χ3v) is 6.44. The minimum absolute atomic E-state index is 0.00444. The lowest BCUT2D eigenvalue weighted by Gasteiger charge is -2.31. The van der Waals surface area contributed by atoms with Gasteiger partial charge in [0.1, 0.15) is 18.4 Å². The summed E-state index contributed by atoms with van der Waals surface area (Å²) in [6, 6.07) is 10.9. The normalized spacial score (nSPS) is 12.3. The van der Waals surface area contributed by atoms with E-state index in [0.29, 0.717) is 17.1 Å². The van der Waals surface area contributed by atoms with Crippen molar-refractivity contribution in [3.05, 3.63) is 64.9 Å². The third kappa shape index (κ3) is 7.71. The molecule has 0 aliphatic rings. The van der Waals surface area contributed by atoms with E-state index >= 15 is 0 Å². The molecule has 180 valence electrons. The van der Waals surface area contributed by atoms with Gasteiger partial charge in [-0.15, -0.1) is 0 Å². The first-order valence-corrected chi connectivity index (χ1v) is 12.7. The maximum Gasteiger partial charge on any atom is 0.244 e. The second-order valence-electron chi connectivity index (χ2n) is 8.18. The fourth-order valence-corrected chi connectivity index (χ4v) is 4.13. The molecule has 0 heterocycles. The van der Waals surface area contributed by atoms with Crippen LogP contribution in [0.1, 0.15) is 26.3 Å². The van der Waals surface area contributed by atoms with E-state index in [2.05, 4.69) is 5.32 Å². The van der Waals surface area contributed by atoms with Crippen molar-refractivity contribution in [2.75, 3.05) is 23.7 Å². The van der Waals surface area contributed by atoms with Crippen molar-refractivity contribution in [3.8, 4) is 0 Å². The Hall–Kier alpha value is -2.65. The average Bonchev–Trinajstić information content (AvgIpc) is 2.73. The van der Waals surface area contributed by atoms with Crippen LogP contribution in [0.15, 0.2) is 48.5 Å². The lowest BCUT2D eigenvalue weighted by molar-refractivity contribution is -0.139. The molecule has 0 aliphatic heterocycles. The molecule has 0 aromatic heterocycles. The van der Waals surface area contributed by atoms with Gasteiger partial charge in [-0.2, -0.15) is 0 Å². The zero-order valence-corrected chi connectivity index (χ0v) is 20.7. The fraction of sp³-hybridized carbons (Fsp3) is 0.391. The molecule has 0 saturated carbocycles. The molecule has 2 amide bonds. The summed E-state index contributed by atoms with van der Waals surface area (Å²) >= 11 is 6.27. The summed E-state index contributed by atoms with van der Waals surface area (Å²) in [6.45, 7) is 5.28. The SMILES string of the molecule is CC(C)CNC(=O)[C@H](C)N(Cc1ccccc1Cl)C(=O)CN(c1cccc(F)c1)S(C)(=O)=O. The first-order chi connectivity index (χ1) is 15.4. The number of rotatable bonds is 10. The van der Waals surface area contributed by atoms with E-state index in [0.717, 1.165) is 16.6 Å². The van der Waals surface area contributed by atoms with Crippen molar-refractivity contribution < 1.29 is 22.4 Å². The van der Waals surface area contributed by atoms with Gasteiger partial charge in [0.15, 0.2) is 0 Å². The van der Waals surface area contributed by atoms with Gasteiger partial charge in [0.05, 0.1) is 11.9 Å².